The zero-order valence-electron chi connectivity index (χ0n) is 11.4. The summed E-state index contributed by atoms with van der Waals surface area (Å²) in [7, 11) is 0. The van der Waals surface area contributed by atoms with Crippen molar-refractivity contribution in [2.24, 2.45) is 0 Å². The summed E-state index contributed by atoms with van der Waals surface area (Å²) < 4.78 is 41.6. The minimum absolute atomic E-state index is 0.0105. The van der Waals surface area contributed by atoms with E-state index >= 15 is 0 Å². The molecule has 0 radical (unpaired) electrons. The van der Waals surface area contributed by atoms with Gasteiger partial charge >= 0.3 is 12.1 Å². The Kier molecular flexibility index (Phi) is 3.63. The molecule has 1 unspecified atom stereocenters. The second kappa shape index (κ2) is 5.34. The van der Waals surface area contributed by atoms with Crippen LogP contribution in [0.4, 0.5) is 13.2 Å². The first-order valence-electron chi connectivity index (χ1n) is 6.46. The highest BCUT2D eigenvalue weighted by Crippen LogP contribution is 2.31. The number of rotatable bonds is 2. The van der Waals surface area contributed by atoms with Crippen LogP contribution in [0.5, 0.6) is 0 Å². The van der Waals surface area contributed by atoms with Gasteiger partial charge in [0.15, 0.2) is 5.82 Å². The normalized spacial score (nSPS) is 18.9. The SMILES string of the molecule is Cc1ncsc1C(=O)N1CCC(c2noc(C(F)(F)F)n2)C1. The Morgan fingerprint density at radius 1 is 1.50 bits per heavy atom. The van der Waals surface area contributed by atoms with E-state index in [1.165, 1.54) is 11.3 Å². The molecule has 1 aliphatic rings. The van der Waals surface area contributed by atoms with Crippen LogP contribution in [0.3, 0.4) is 0 Å². The first kappa shape index (κ1) is 14.9. The van der Waals surface area contributed by atoms with Crippen molar-refractivity contribution in [1.82, 2.24) is 20.0 Å². The second-order valence-electron chi connectivity index (χ2n) is 4.96. The molecule has 3 heterocycles. The summed E-state index contributed by atoms with van der Waals surface area (Å²) in [6.07, 6.45) is -4.15. The lowest BCUT2D eigenvalue weighted by molar-refractivity contribution is -0.159. The number of hydrogen-bond donors (Lipinski definition) is 0. The topological polar surface area (TPSA) is 72.1 Å². The summed E-state index contributed by atoms with van der Waals surface area (Å²) in [5, 5.41) is 3.38. The highest BCUT2D eigenvalue weighted by Gasteiger charge is 2.40. The Morgan fingerprint density at radius 3 is 2.86 bits per heavy atom. The minimum atomic E-state index is -4.65. The molecule has 22 heavy (non-hydrogen) atoms. The van der Waals surface area contributed by atoms with Crippen molar-refractivity contribution in [3.63, 3.8) is 0 Å². The molecule has 0 spiro atoms. The van der Waals surface area contributed by atoms with Gasteiger partial charge in [0.25, 0.3) is 5.91 Å². The average Bonchev–Trinajstić information content (AvgIpc) is 3.16. The molecule has 0 N–H and O–H groups in total. The highest BCUT2D eigenvalue weighted by atomic mass is 32.1. The van der Waals surface area contributed by atoms with Gasteiger partial charge in [-0.05, 0) is 13.3 Å². The van der Waals surface area contributed by atoms with E-state index in [2.05, 4.69) is 19.6 Å². The van der Waals surface area contributed by atoms with E-state index in [1.54, 1.807) is 17.3 Å². The Labute approximate surface area is 127 Å². The smallest absolute Gasteiger partial charge is 0.337 e. The Bertz CT molecular complexity index is 697. The standard InChI is InChI=1S/C12H11F3N4O2S/c1-6-8(22-5-16-6)10(20)19-3-2-7(4-19)9-17-11(21-18-9)12(13,14)15/h5,7H,2-4H2,1H3. The number of thiazole rings is 1. The number of nitrogens with zero attached hydrogens (tertiary/aromatic N) is 4. The number of aryl methyl sites for hydroxylation is 1. The molecule has 0 aliphatic carbocycles. The third-order valence-corrected chi connectivity index (χ3v) is 4.38. The third-order valence-electron chi connectivity index (χ3n) is 3.46. The summed E-state index contributed by atoms with van der Waals surface area (Å²) in [5.41, 5.74) is 2.24. The van der Waals surface area contributed by atoms with Crippen LogP contribution in [-0.2, 0) is 6.18 Å². The number of amides is 1. The molecule has 6 nitrogen and oxygen atoms in total. The molecule has 0 bridgehead atoms. The molecular weight excluding hydrogens is 321 g/mol. The molecule has 0 aromatic carbocycles. The lowest BCUT2D eigenvalue weighted by Crippen LogP contribution is -2.28. The molecule has 1 aliphatic heterocycles. The predicted molar refractivity (Wildman–Crippen MR) is 69.4 cm³/mol. The Hall–Kier alpha value is -1.97. The number of hydrogen-bond acceptors (Lipinski definition) is 6. The van der Waals surface area contributed by atoms with E-state index in [1.807, 2.05) is 0 Å². The van der Waals surface area contributed by atoms with Gasteiger partial charge in [-0.1, -0.05) is 5.16 Å². The molecule has 2 aromatic heterocycles. The van der Waals surface area contributed by atoms with Gasteiger partial charge < -0.3 is 9.42 Å². The molecule has 1 amide bonds. The fourth-order valence-corrected chi connectivity index (χ4v) is 3.09. The first-order chi connectivity index (χ1) is 10.4. The first-order valence-corrected chi connectivity index (χ1v) is 7.34. The monoisotopic (exact) mass is 332 g/mol. The van der Waals surface area contributed by atoms with Crippen molar-refractivity contribution in [3.8, 4) is 0 Å². The van der Waals surface area contributed by atoms with Crippen LogP contribution in [0.2, 0.25) is 0 Å². The van der Waals surface area contributed by atoms with Crippen LogP contribution >= 0.6 is 11.3 Å². The summed E-state index contributed by atoms with van der Waals surface area (Å²) in [4.78, 5) is 21.9. The summed E-state index contributed by atoms with van der Waals surface area (Å²) in [5.74, 6) is -1.88. The average molecular weight is 332 g/mol. The second-order valence-corrected chi connectivity index (χ2v) is 5.81. The van der Waals surface area contributed by atoms with Crippen LogP contribution in [-0.4, -0.2) is 39.0 Å². The number of likely N-dealkylation sites (tertiary alicyclic amines) is 1. The van der Waals surface area contributed by atoms with Crippen molar-refractivity contribution in [2.75, 3.05) is 13.1 Å². The van der Waals surface area contributed by atoms with Gasteiger partial charge in [0.2, 0.25) is 0 Å². The number of alkyl halides is 3. The molecule has 0 saturated carbocycles. The van der Waals surface area contributed by atoms with Crippen LogP contribution in [0.25, 0.3) is 0 Å². The quantitative estimate of drug-likeness (QED) is 0.845. The van der Waals surface area contributed by atoms with Gasteiger partial charge in [-0.25, -0.2) is 4.98 Å². The van der Waals surface area contributed by atoms with Gasteiger partial charge in [-0.2, -0.15) is 18.2 Å². The Balaban J connectivity index is 1.71. The number of carbonyl (C=O) groups excluding carboxylic acids is 1. The number of carbonyl (C=O) groups is 1. The van der Waals surface area contributed by atoms with Crippen molar-refractivity contribution in [2.45, 2.75) is 25.4 Å². The van der Waals surface area contributed by atoms with E-state index < -0.39 is 12.1 Å². The van der Waals surface area contributed by atoms with Crippen LogP contribution < -0.4 is 0 Å². The van der Waals surface area contributed by atoms with E-state index in [0.29, 0.717) is 23.5 Å². The lowest BCUT2D eigenvalue weighted by atomic mass is 10.1. The van der Waals surface area contributed by atoms with Crippen molar-refractivity contribution in [1.29, 1.82) is 0 Å². The zero-order chi connectivity index (χ0) is 15.9. The molecule has 10 heteroatoms. The lowest BCUT2D eigenvalue weighted by Gasteiger charge is -2.14. The van der Waals surface area contributed by atoms with Gasteiger partial charge in [-0.15, -0.1) is 11.3 Å². The van der Waals surface area contributed by atoms with Crippen LogP contribution in [0, 0.1) is 6.92 Å². The van der Waals surface area contributed by atoms with Crippen molar-refractivity contribution >= 4 is 17.2 Å². The van der Waals surface area contributed by atoms with Gasteiger partial charge in [0.1, 0.15) is 4.88 Å². The molecule has 2 aromatic rings. The number of aromatic nitrogens is 3. The highest BCUT2D eigenvalue weighted by molar-refractivity contribution is 7.11. The predicted octanol–water partition coefficient (Wildman–Crippen LogP) is 2.48. The molecule has 118 valence electrons. The molecule has 1 saturated heterocycles. The largest absolute Gasteiger partial charge is 0.471 e. The summed E-state index contributed by atoms with van der Waals surface area (Å²) in [6, 6.07) is 0. The molecule has 1 fully saturated rings. The maximum Gasteiger partial charge on any atom is 0.471 e. The fourth-order valence-electron chi connectivity index (χ4n) is 2.32. The summed E-state index contributed by atoms with van der Waals surface area (Å²) in [6.45, 7) is 2.45. The number of halogens is 3. The van der Waals surface area contributed by atoms with Crippen LogP contribution in [0.15, 0.2) is 10.0 Å². The van der Waals surface area contributed by atoms with Crippen molar-refractivity contribution in [3.05, 3.63) is 27.8 Å². The van der Waals surface area contributed by atoms with Crippen LogP contribution in [0.1, 0.15) is 39.4 Å². The fraction of sp³-hybridized carbons (Fsp3) is 0.500. The molecular formula is C12H11F3N4O2S. The van der Waals surface area contributed by atoms with E-state index in [9.17, 15) is 18.0 Å². The molecule has 1 atom stereocenters. The molecule has 3 rings (SSSR count). The van der Waals surface area contributed by atoms with E-state index in [4.69, 9.17) is 0 Å². The Morgan fingerprint density at radius 2 is 2.27 bits per heavy atom. The maximum absolute atomic E-state index is 12.5. The van der Waals surface area contributed by atoms with E-state index in [-0.39, 0.29) is 24.2 Å². The van der Waals surface area contributed by atoms with E-state index in [0.717, 1.165) is 0 Å². The zero-order valence-corrected chi connectivity index (χ0v) is 12.2. The summed E-state index contributed by atoms with van der Waals surface area (Å²) >= 11 is 1.25. The van der Waals surface area contributed by atoms with Gasteiger partial charge in [0.05, 0.1) is 11.2 Å². The third kappa shape index (κ3) is 2.70. The van der Waals surface area contributed by atoms with Gasteiger partial charge in [-0.3, -0.25) is 4.79 Å². The minimum Gasteiger partial charge on any atom is -0.337 e. The maximum atomic E-state index is 12.5. The van der Waals surface area contributed by atoms with Gasteiger partial charge in [0, 0.05) is 19.0 Å². The van der Waals surface area contributed by atoms with Crippen molar-refractivity contribution < 1.29 is 22.5 Å².